The van der Waals surface area contributed by atoms with Crippen LogP contribution in [0, 0.1) is 12.7 Å². The van der Waals surface area contributed by atoms with Crippen molar-refractivity contribution >= 4 is 23.1 Å². The molecule has 0 spiro atoms. The molecular weight excluding hydrogens is 273 g/mol. The maximum atomic E-state index is 13.3. The van der Waals surface area contributed by atoms with E-state index in [4.69, 9.17) is 0 Å². The first kappa shape index (κ1) is 13.1. The highest BCUT2D eigenvalue weighted by molar-refractivity contribution is 5.93. The summed E-state index contributed by atoms with van der Waals surface area (Å²) in [7, 11) is 0. The monoisotopic (exact) mass is 285 g/mol. The zero-order chi connectivity index (χ0) is 15.0. The number of imidazole rings is 1. The number of hydrogen-bond acceptors (Lipinski definition) is 3. The number of carbonyl (C=O) groups is 1. The smallest absolute Gasteiger partial charge is 0.356 e. The first-order valence-electron chi connectivity index (χ1n) is 6.30. The summed E-state index contributed by atoms with van der Waals surface area (Å²) in [5.74, 6) is -1.18. The van der Waals surface area contributed by atoms with Crippen LogP contribution in [-0.2, 0) is 0 Å². The Kier molecular flexibility index (Phi) is 3.06. The summed E-state index contributed by atoms with van der Waals surface area (Å²) < 4.78 is 14.8. The maximum absolute atomic E-state index is 13.3. The van der Waals surface area contributed by atoms with Gasteiger partial charge in [-0.2, -0.15) is 0 Å². The Labute approximate surface area is 119 Å². The molecule has 1 aromatic carbocycles. The van der Waals surface area contributed by atoms with Gasteiger partial charge in [0.25, 0.3) is 0 Å². The Morgan fingerprint density at radius 3 is 2.86 bits per heavy atom. The third-order valence-corrected chi connectivity index (χ3v) is 3.15. The SMILES string of the molecule is Cc1cc(Nc2nc3ccccn3c2C(=O)O)ccc1F. The van der Waals surface area contributed by atoms with Crippen molar-refractivity contribution in [3.8, 4) is 0 Å². The minimum absolute atomic E-state index is 0.0348. The predicted molar refractivity (Wildman–Crippen MR) is 76.6 cm³/mol. The summed E-state index contributed by atoms with van der Waals surface area (Å²) in [5, 5.41) is 12.3. The van der Waals surface area contributed by atoms with Gasteiger partial charge in [0, 0.05) is 11.9 Å². The summed E-state index contributed by atoms with van der Waals surface area (Å²) >= 11 is 0. The van der Waals surface area contributed by atoms with E-state index in [2.05, 4.69) is 10.3 Å². The molecule has 0 radical (unpaired) electrons. The Bertz CT molecular complexity index is 842. The molecule has 5 nitrogen and oxygen atoms in total. The molecule has 2 heterocycles. The molecule has 106 valence electrons. The molecule has 0 saturated heterocycles. The van der Waals surface area contributed by atoms with Crippen molar-refractivity contribution in [2.24, 2.45) is 0 Å². The zero-order valence-electron chi connectivity index (χ0n) is 11.2. The Hall–Kier alpha value is -2.89. The van der Waals surface area contributed by atoms with Gasteiger partial charge in [-0.25, -0.2) is 14.2 Å². The highest BCUT2D eigenvalue weighted by Crippen LogP contribution is 2.23. The lowest BCUT2D eigenvalue weighted by molar-refractivity contribution is 0.0690. The quantitative estimate of drug-likeness (QED) is 0.775. The minimum atomic E-state index is -1.09. The molecule has 0 aliphatic rings. The predicted octanol–water partition coefficient (Wildman–Crippen LogP) is 3.22. The minimum Gasteiger partial charge on any atom is -0.476 e. The average Bonchev–Trinajstić information content (AvgIpc) is 2.80. The van der Waals surface area contributed by atoms with Gasteiger partial charge < -0.3 is 10.4 Å². The van der Waals surface area contributed by atoms with Gasteiger partial charge in [0.1, 0.15) is 11.5 Å². The van der Waals surface area contributed by atoms with Crippen LogP contribution in [0.15, 0.2) is 42.6 Å². The molecule has 0 aliphatic heterocycles. The molecule has 0 amide bonds. The largest absolute Gasteiger partial charge is 0.476 e. The standard InChI is InChI=1S/C15H12FN3O2/c1-9-8-10(5-6-11(9)16)17-14-13(15(20)21)19-7-3-2-4-12(19)18-14/h2-8,17H,1H3,(H,20,21). The fourth-order valence-corrected chi connectivity index (χ4v) is 2.15. The van der Waals surface area contributed by atoms with Gasteiger partial charge >= 0.3 is 5.97 Å². The third-order valence-electron chi connectivity index (χ3n) is 3.15. The molecule has 2 aromatic heterocycles. The van der Waals surface area contributed by atoms with Gasteiger partial charge in [-0.3, -0.25) is 4.40 Å². The third kappa shape index (κ3) is 2.31. The van der Waals surface area contributed by atoms with Crippen LogP contribution in [0.4, 0.5) is 15.9 Å². The van der Waals surface area contributed by atoms with E-state index in [9.17, 15) is 14.3 Å². The number of halogens is 1. The topological polar surface area (TPSA) is 66.6 Å². The summed E-state index contributed by atoms with van der Waals surface area (Å²) in [6, 6.07) is 9.69. The van der Waals surface area contributed by atoms with Gasteiger partial charge in [-0.1, -0.05) is 6.07 Å². The lowest BCUT2D eigenvalue weighted by atomic mass is 10.2. The number of nitrogens with zero attached hydrogens (tertiary/aromatic N) is 2. The van der Waals surface area contributed by atoms with Gasteiger partial charge in [0.05, 0.1) is 0 Å². The number of aryl methyl sites for hydroxylation is 1. The second-order valence-corrected chi connectivity index (χ2v) is 4.63. The number of benzene rings is 1. The Morgan fingerprint density at radius 1 is 1.33 bits per heavy atom. The number of nitrogens with one attached hydrogen (secondary N) is 1. The fraction of sp³-hybridized carbons (Fsp3) is 0.0667. The lowest BCUT2D eigenvalue weighted by Crippen LogP contribution is -2.05. The molecule has 0 fully saturated rings. The van der Waals surface area contributed by atoms with E-state index >= 15 is 0 Å². The van der Waals surface area contributed by atoms with Crippen LogP contribution >= 0.6 is 0 Å². The molecule has 6 heteroatoms. The van der Waals surface area contributed by atoms with Crippen LogP contribution in [-0.4, -0.2) is 20.5 Å². The highest BCUT2D eigenvalue weighted by atomic mass is 19.1. The molecule has 2 N–H and O–H groups in total. The number of anilines is 2. The van der Waals surface area contributed by atoms with Gasteiger partial charge in [-0.15, -0.1) is 0 Å². The van der Waals surface area contributed by atoms with Crippen molar-refractivity contribution in [1.82, 2.24) is 9.38 Å². The van der Waals surface area contributed by atoms with Crippen molar-refractivity contribution in [3.63, 3.8) is 0 Å². The number of aromatic nitrogens is 2. The zero-order valence-corrected chi connectivity index (χ0v) is 11.2. The van der Waals surface area contributed by atoms with Crippen LogP contribution in [0.3, 0.4) is 0 Å². The van der Waals surface area contributed by atoms with Crippen molar-refractivity contribution in [2.75, 3.05) is 5.32 Å². The van der Waals surface area contributed by atoms with E-state index in [1.807, 2.05) is 0 Å². The number of pyridine rings is 1. The van der Waals surface area contributed by atoms with E-state index in [1.54, 1.807) is 37.4 Å². The molecule has 0 saturated carbocycles. The van der Waals surface area contributed by atoms with Gasteiger partial charge in [-0.05, 0) is 42.8 Å². The maximum Gasteiger partial charge on any atom is 0.356 e. The van der Waals surface area contributed by atoms with E-state index in [-0.39, 0.29) is 17.3 Å². The molecular formula is C15H12FN3O2. The van der Waals surface area contributed by atoms with E-state index in [0.29, 0.717) is 16.9 Å². The van der Waals surface area contributed by atoms with Crippen LogP contribution in [0.25, 0.3) is 5.65 Å². The normalized spacial score (nSPS) is 10.8. The average molecular weight is 285 g/mol. The fourth-order valence-electron chi connectivity index (χ4n) is 2.15. The van der Waals surface area contributed by atoms with Crippen molar-refractivity contribution in [1.29, 1.82) is 0 Å². The van der Waals surface area contributed by atoms with Crippen LogP contribution in [0.1, 0.15) is 16.1 Å². The summed E-state index contributed by atoms with van der Waals surface area (Å²) in [6.07, 6.45) is 1.63. The molecule has 3 aromatic rings. The molecule has 3 rings (SSSR count). The van der Waals surface area contributed by atoms with E-state index < -0.39 is 5.97 Å². The summed E-state index contributed by atoms with van der Waals surface area (Å²) in [6.45, 7) is 1.64. The van der Waals surface area contributed by atoms with Crippen molar-refractivity contribution in [3.05, 3.63) is 59.7 Å². The molecule has 0 aliphatic carbocycles. The molecule has 0 unspecified atom stereocenters. The molecule has 0 bridgehead atoms. The van der Waals surface area contributed by atoms with Crippen molar-refractivity contribution < 1.29 is 14.3 Å². The molecule has 21 heavy (non-hydrogen) atoms. The second kappa shape index (κ2) is 4.90. The van der Waals surface area contributed by atoms with Crippen LogP contribution in [0.5, 0.6) is 0 Å². The number of hydrogen-bond donors (Lipinski definition) is 2. The number of rotatable bonds is 3. The van der Waals surface area contributed by atoms with Crippen LogP contribution in [0.2, 0.25) is 0 Å². The van der Waals surface area contributed by atoms with Gasteiger partial charge in [0.2, 0.25) is 0 Å². The number of carboxylic acid groups (broad SMARTS) is 1. The van der Waals surface area contributed by atoms with E-state index in [1.165, 1.54) is 16.5 Å². The summed E-state index contributed by atoms with van der Waals surface area (Å²) in [5.41, 5.74) is 1.62. The van der Waals surface area contributed by atoms with Crippen molar-refractivity contribution in [2.45, 2.75) is 6.92 Å². The first-order chi connectivity index (χ1) is 10.1. The summed E-state index contributed by atoms with van der Waals surface area (Å²) in [4.78, 5) is 15.7. The highest BCUT2D eigenvalue weighted by Gasteiger charge is 2.18. The van der Waals surface area contributed by atoms with Crippen LogP contribution < -0.4 is 5.32 Å². The Morgan fingerprint density at radius 2 is 2.14 bits per heavy atom. The van der Waals surface area contributed by atoms with Gasteiger partial charge in [0.15, 0.2) is 11.5 Å². The first-order valence-corrected chi connectivity index (χ1v) is 6.30. The number of aromatic carboxylic acids is 1. The number of fused-ring (bicyclic) bond motifs is 1. The molecule has 0 atom stereocenters. The second-order valence-electron chi connectivity index (χ2n) is 4.63. The number of carboxylic acids is 1. The Balaban J connectivity index is 2.09. The lowest BCUT2D eigenvalue weighted by Gasteiger charge is -2.06. The van der Waals surface area contributed by atoms with E-state index in [0.717, 1.165) is 0 Å².